The van der Waals surface area contributed by atoms with Crippen LogP contribution in [0.15, 0.2) is 0 Å². The SMILES string of the molecule is C[NH2+]C.C[NH2+]C.N#CP(=O)([O-])[O-]. The third-order valence-corrected chi connectivity index (χ3v) is 0.367. The molecular weight excluding hydrogens is 181 g/mol. The van der Waals surface area contributed by atoms with Crippen molar-refractivity contribution in [3.63, 3.8) is 0 Å². The van der Waals surface area contributed by atoms with E-state index in [-0.39, 0.29) is 0 Å². The standard InChI is InChI=1S/2C2H7N.CH2NO3P/c2*1-3-2;2-1-6(3,4)5/h2*3H,1-2H3;(H2,3,4,5). The van der Waals surface area contributed by atoms with E-state index in [0.29, 0.717) is 5.81 Å². The fraction of sp³-hybridized carbons (Fsp3) is 0.800. The van der Waals surface area contributed by atoms with Crippen LogP contribution in [0.1, 0.15) is 0 Å². The molecule has 0 atom stereocenters. The molecule has 6 nitrogen and oxygen atoms in total. The van der Waals surface area contributed by atoms with Crippen LogP contribution >= 0.6 is 7.60 Å². The number of nitrogens with two attached hydrogens (primary N) is 2. The Morgan fingerprint density at radius 2 is 1.25 bits per heavy atom. The maximum atomic E-state index is 9.11. The fourth-order valence-electron chi connectivity index (χ4n) is 0. The molecule has 0 aromatic heterocycles. The van der Waals surface area contributed by atoms with Crippen molar-refractivity contribution in [3.8, 4) is 5.81 Å². The minimum atomic E-state index is -4.84. The Hall–Kier alpha value is -0.440. The van der Waals surface area contributed by atoms with E-state index in [4.69, 9.17) is 19.6 Å². The van der Waals surface area contributed by atoms with Crippen LogP contribution in [-0.4, -0.2) is 28.2 Å². The van der Waals surface area contributed by atoms with Gasteiger partial charge in [0.1, 0.15) is 0 Å². The van der Waals surface area contributed by atoms with Gasteiger partial charge in [-0.05, 0) is 0 Å². The molecule has 0 rings (SSSR count). The summed E-state index contributed by atoms with van der Waals surface area (Å²) in [6, 6.07) is 0. The van der Waals surface area contributed by atoms with Gasteiger partial charge in [-0.2, -0.15) is 5.26 Å². The maximum Gasteiger partial charge on any atom is 0.0962 e. The molecule has 7 heteroatoms. The van der Waals surface area contributed by atoms with Crippen LogP contribution in [0, 0.1) is 11.1 Å². The Bertz CT molecular complexity index is 149. The molecule has 0 aromatic rings. The van der Waals surface area contributed by atoms with Crippen molar-refractivity contribution in [1.29, 1.82) is 5.26 Å². The second kappa shape index (κ2) is 13.2. The number of quaternary nitrogens is 2. The van der Waals surface area contributed by atoms with E-state index in [9.17, 15) is 0 Å². The highest BCUT2D eigenvalue weighted by molar-refractivity contribution is 7.54. The van der Waals surface area contributed by atoms with Crippen molar-refractivity contribution in [1.82, 2.24) is 0 Å². The lowest BCUT2D eigenvalue weighted by atomic mass is 11.3. The Morgan fingerprint density at radius 3 is 1.25 bits per heavy atom. The molecule has 0 radical (unpaired) electrons. The third kappa shape index (κ3) is 107. The van der Waals surface area contributed by atoms with Gasteiger partial charge in [0.15, 0.2) is 0 Å². The summed E-state index contributed by atoms with van der Waals surface area (Å²) in [5.41, 5.74) is 0. The number of hydrogen-bond donors (Lipinski definition) is 2. The lowest BCUT2D eigenvalue weighted by Crippen LogP contribution is -2.74. The predicted molar refractivity (Wildman–Crippen MR) is 40.8 cm³/mol. The second-order valence-electron chi connectivity index (χ2n) is 1.75. The van der Waals surface area contributed by atoms with Crippen LogP contribution in [0.2, 0.25) is 0 Å². The molecule has 0 heterocycles. The summed E-state index contributed by atoms with van der Waals surface area (Å²) in [5, 5.41) is 11.3. The Kier molecular flexibility index (Phi) is 19.3. The van der Waals surface area contributed by atoms with Crippen molar-refractivity contribution < 1.29 is 25.0 Å². The van der Waals surface area contributed by atoms with Gasteiger partial charge in [-0.15, -0.1) is 0 Å². The zero-order valence-corrected chi connectivity index (χ0v) is 8.67. The van der Waals surface area contributed by atoms with Crippen molar-refractivity contribution >= 4 is 7.60 Å². The third-order valence-electron chi connectivity index (χ3n) is 0.122. The molecule has 4 N–H and O–H groups in total. The first-order valence-corrected chi connectivity index (χ1v) is 4.85. The monoisotopic (exact) mass is 197 g/mol. The molecule has 0 aromatic carbocycles. The Balaban J connectivity index is -0.000000115. The molecule has 0 fully saturated rings. The van der Waals surface area contributed by atoms with Crippen molar-refractivity contribution in [2.75, 3.05) is 28.2 Å². The lowest BCUT2D eigenvalue weighted by Gasteiger charge is -2.17. The molecule has 12 heavy (non-hydrogen) atoms. The Labute approximate surface area is 72.8 Å². The summed E-state index contributed by atoms with van der Waals surface area (Å²) in [5.74, 6) is 0.549. The van der Waals surface area contributed by atoms with E-state index in [1.165, 1.54) is 0 Å². The van der Waals surface area contributed by atoms with Gasteiger partial charge in [-0.3, -0.25) is 0 Å². The zero-order valence-electron chi connectivity index (χ0n) is 7.77. The van der Waals surface area contributed by atoms with Crippen LogP contribution in [0.4, 0.5) is 0 Å². The van der Waals surface area contributed by atoms with E-state index >= 15 is 0 Å². The smallest absolute Gasteiger partial charge is 0.0962 e. The highest BCUT2D eigenvalue weighted by Crippen LogP contribution is 2.17. The molecule has 0 saturated heterocycles. The normalized spacial score (nSPS) is 8.08. The Morgan fingerprint density at radius 1 is 1.17 bits per heavy atom. The largest absolute Gasteiger partial charge is 0.800 e. The molecule has 0 spiro atoms. The minimum Gasteiger partial charge on any atom is -0.800 e. The zero-order chi connectivity index (χ0) is 10.6. The summed E-state index contributed by atoms with van der Waals surface area (Å²) in [6.45, 7) is 0. The summed E-state index contributed by atoms with van der Waals surface area (Å²) < 4.78 is 9.11. The number of nitrogens with zero attached hydrogens (tertiary/aromatic N) is 1. The van der Waals surface area contributed by atoms with Crippen LogP contribution in [-0.2, 0) is 4.57 Å². The van der Waals surface area contributed by atoms with Gasteiger partial charge in [0, 0.05) is 7.60 Å². The van der Waals surface area contributed by atoms with Crippen molar-refractivity contribution in [2.45, 2.75) is 0 Å². The quantitative estimate of drug-likeness (QED) is 0.384. The molecular formula is C5H16N3O3P. The van der Waals surface area contributed by atoms with E-state index in [1.54, 1.807) is 0 Å². The van der Waals surface area contributed by atoms with E-state index in [1.807, 2.05) is 38.8 Å². The van der Waals surface area contributed by atoms with E-state index in [2.05, 4.69) is 0 Å². The minimum absolute atomic E-state index is 0.549. The second-order valence-corrected chi connectivity index (χ2v) is 2.95. The lowest BCUT2D eigenvalue weighted by molar-refractivity contribution is -0.597. The molecule has 0 aliphatic rings. The van der Waals surface area contributed by atoms with Crippen LogP contribution in [0.5, 0.6) is 0 Å². The first-order valence-electron chi connectivity index (χ1n) is 3.30. The van der Waals surface area contributed by atoms with Crippen molar-refractivity contribution in [2.24, 2.45) is 0 Å². The highest BCUT2D eigenvalue weighted by Gasteiger charge is 1.74. The molecule has 0 aliphatic heterocycles. The van der Waals surface area contributed by atoms with Gasteiger partial charge in [0.05, 0.1) is 34.0 Å². The highest BCUT2D eigenvalue weighted by atomic mass is 31.2. The maximum absolute atomic E-state index is 9.11. The first kappa shape index (κ1) is 17.6. The first-order chi connectivity index (χ1) is 5.39. The summed E-state index contributed by atoms with van der Waals surface area (Å²) >= 11 is 0. The average Bonchev–Trinajstić information content (AvgIpc) is 1.90. The summed E-state index contributed by atoms with van der Waals surface area (Å²) in [4.78, 5) is 18.2. The molecule has 0 amide bonds. The van der Waals surface area contributed by atoms with Crippen molar-refractivity contribution in [3.05, 3.63) is 0 Å². The van der Waals surface area contributed by atoms with Crippen LogP contribution in [0.25, 0.3) is 0 Å². The van der Waals surface area contributed by atoms with Crippen LogP contribution in [0.3, 0.4) is 0 Å². The van der Waals surface area contributed by atoms with Gasteiger partial charge in [-0.1, -0.05) is 0 Å². The summed E-state index contributed by atoms with van der Waals surface area (Å²) in [6.07, 6.45) is 0. The van der Waals surface area contributed by atoms with Gasteiger partial charge in [0.2, 0.25) is 0 Å². The van der Waals surface area contributed by atoms with Gasteiger partial charge >= 0.3 is 0 Å². The molecule has 0 unspecified atom stereocenters. The van der Waals surface area contributed by atoms with Gasteiger partial charge in [0.25, 0.3) is 0 Å². The van der Waals surface area contributed by atoms with Crippen LogP contribution < -0.4 is 20.4 Å². The molecule has 0 aliphatic carbocycles. The summed E-state index contributed by atoms with van der Waals surface area (Å²) in [7, 11) is 3.16. The van der Waals surface area contributed by atoms with Gasteiger partial charge < -0.3 is 25.0 Å². The van der Waals surface area contributed by atoms with E-state index in [0.717, 1.165) is 0 Å². The number of hydrogen-bond acceptors (Lipinski definition) is 4. The fourth-order valence-corrected chi connectivity index (χ4v) is 0. The molecule has 0 saturated carbocycles. The van der Waals surface area contributed by atoms with Gasteiger partial charge in [-0.25, -0.2) is 0 Å². The average molecular weight is 197 g/mol. The molecule has 74 valence electrons. The predicted octanol–water partition coefficient (Wildman–Crippen LogP) is -4.00. The number of rotatable bonds is 0. The number of nitriles is 1. The van der Waals surface area contributed by atoms with E-state index < -0.39 is 7.60 Å². The molecule has 0 bridgehead atoms. The topological polar surface area (TPSA) is 120 Å².